The average molecular weight is 263 g/mol. The van der Waals surface area contributed by atoms with E-state index >= 15 is 0 Å². The second kappa shape index (κ2) is 6.37. The van der Waals surface area contributed by atoms with E-state index in [1.54, 1.807) is 18.4 Å². The quantitative estimate of drug-likeness (QED) is 0.839. The number of nitrogens with zero attached hydrogens (tertiary/aromatic N) is 1. The molecule has 0 unspecified atom stereocenters. The lowest BCUT2D eigenvalue weighted by Gasteiger charge is -2.08. The van der Waals surface area contributed by atoms with Crippen LogP contribution in [0.2, 0.25) is 0 Å². The fourth-order valence-corrected chi connectivity index (χ4v) is 2.41. The molecule has 1 aromatic heterocycles. The van der Waals surface area contributed by atoms with Crippen molar-refractivity contribution in [3.05, 3.63) is 40.9 Å². The molecule has 0 atom stereocenters. The van der Waals surface area contributed by atoms with Crippen LogP contribution in [0.15, 0.2) is 29.6 Å². The highest BCUT2D eigenvalue weighted by molar-refractivity contribution is 7.13. The molecule has 0 bridgehead atoms. The molecule has 0 aliphatic carbocycles. The van der Waals surface area contributed by atoms with Crippen molar-refractivity contribution in [2.75, 3.05) is 19.0 Å². The van der Waals surface area contributed by atoms with E-state index in [9.17, 15) is 0 Å². The summed E-state index contributed by atoms with van der Waals surface area (Å²) < 4.78 is 5.30. The number of para-hydroxylation sites is 1. The summed E-state index contributed by atoms with van der Waals surface area (Å²) in [5.74, 6) is 0.892. The number of hydrogen-bond donors (Lipinski definition) is 2. The minimum atomic E-state index is 0.635. The number of nitrogens with two attached hydrogens (primary N) is 1. The van der Waals surface area contributed by atoms with Gasteiger partial charge in [0.15, 0.2) is 5.13 Å². The maximum Gasteiger partial charge on any atom is 0.183 e. The first-order chi connectivity index (χ1) is 8.83. The molecule has 2 aromatic rings. The largest absolute Gasteiger partial charge is 0.496 e. The van der Waals surface area contributed by atoms with Crippen molar-refractivity contribution in [2.24, 2.45) is 5.73 Å². The number of hydrogen-bond acceptors (Lipinski definition) is 5. The smallest absolute Gasteiger partial charge is 0.183 e. The fraction of sp³-hybridized carbons (Fsp3) is 0.308. The van der Waals surface area contributed by atoms with Crippen LogP contribution in [-0.4, -0.2) is 18.6 Å². The highest BCUT2D eigenvalue weighted by atomic mass is 32.1. The first kappa shape index (κ1) is 12.9. The van der Waals surface area contributed by atoms with Gasteiger partial charge in [-0.25, -0.2) is 4.98 Å². The number of methoxy groups -OCH3 is 1. The standard InChI is InChI=1S/C13H17N3OS/c1-17-12-5-3-2-4-10(12)8-15-13-16-11(6-7-14)9-18-13/h2-5,9H,6-8,14H2,1H3,(H,15,16). The lowest BCUT2D eigenvalue weighted by atomic mass is 10.2. The second-order valence-electron chi connectivity index (χ2n) is 3.85. The van der Waals surface area contributed by atoms with Crippen molar-refractivity contribution in [1.29, 1.82) is 0 Å². The molecule has 0 fully saturated rings. The lowest BCUT2D eigenvalue weighted by molar-refractivity contribution is 0.410. The Balaban J connectivity index is 1.97. The van der Waals surface area contributed by atoms with Gasteiger partial charge in [0.2, 0.25) is 0 Å². The Kier molecular flexibility index (Phi) is 4.55. The minimum absolute atomic E-state index is 0.635. The van der Waals surface area contributed by atoms with Gasteiger partial charge in [-0.1, -0.05) is 18.2 Å². The molecule has 0 radical (unpaired) electrons. The summed E-state index contributed by atoms with van der Waals surface area (Å²) in [7, 11) is 1.68. The topological polar surface area (TPSA) is 60.2 Å². The molecule has 0 saturated heterocycles. The fourth-order valence-electron chi connectivity index (χ4n) is 1.67. The van der Waals surface area contributed by atoms with Gasteiger partial charge in [-0.3, -0.25) is 0 Å². The zero-order valence-corrected chi connectivity index (χ0v) is 11.2. The van der Waals surface area contributed by atoms with E-state index in [2.05, 4.69) is 10.3 Å². The Hall–Kier alpha value is -1.59. The van der Waals surface area contributed by atoms with E-state index in [1.165, 1.54) is 0 Å². The molecular weight excluding hydrogens is 246 g/mol. The number of anilines is 1. The van der Waals surface area contributed by atoms with Crippen molar-refractivity contribution >= 4 is 16.5 Å². The number of ether oxygens (including phenoxy) is 1. The number of nitrogens with one attached hydrogen (secondary N) is 1. The van der Waals surface area contributed by atoms with Crippen LogP contribution in [0.4, 0.5) is 5.13 Å². The summed E-state index contributed by atoms with van der Waals surface area (Å²) in [6.45, 7) is 1.34. The first-order valence-corrected chi connectivity index (χ1v) is 6.71. The highest BCUT2D eigenvalue weighted by Crippen LogP contribution is 2.21. The van der Waals surface area contributed by atoms with Gasteiger partial charge < -0.3 is 15.8 Å². The number of rotatable bonds is 6. The molecule has 4 nitrogen and oxygen atoms in total. The predicted octanol–water partition coefficient (Wildman–Crippen LogP) is 2.26. The lowest BCUT2D eigenvalue weighted by Crippen LogP contribution is -2.04. The number of aromatic nitrogens is 1. The van der Waals surface area contributed by atoms with Crippen LogP contribution in [-0.2, 0) is 13.0 Å². The van der Waals surface area contributed by atoms with Gasteiger partial charge in [0.25, 0.3) is 0 Å². The summed E-state index contributed by atoms with van der Waals surface area (Å²) >= 11 is 1.60. The molecule has 0 aliphatic rings. The van der Waals surface area contributed by atoms with E-state index in [1.807, 2.05) is 29.6 Å². The van der Waals surface area contributed by atoms with E-state index in [4.69, 9.17) is 10.5 Å². The van der Waals surface area contributed by atoms with Gasteiger partial charge >= 0.3 is 0 Å². The van der Waals surface area contributed by atoms with E-state index < -0.39 is 0 Å². The molecule has 3 N–H and O–H groups in total. The molecule has 1 heterocycles. The SMILES string of the molecule is COc1ccccc1CNc1nc(CCN)cs1. The molecule has 5 heteroatoms. The van der Waals surface area contributed by atoms with Crippen LogP contribution in [0.3, 0.4) is 0 Å². The van der Waals surface area contributed by atoms with Crippen LogP contribution >= 0.6 is 11.3 Å². The average Bonchev–Trinajstić information content (AvgIpc) is 2.85. The minimum Gasteiger partial charge on any atom is -0.496 e. The zero-order chi connectivity index (χ0) is 12.8. The molecule has 18 heavy (non-hydrogen) atoms. The van der Waals surface area contributed by atoms with Gasteiger partial charge in [-0.2, -0.15) is 0 Å². The third-order valence-corrected chi connectivity index (χ3v) is 3.42. The van der Waals surface area contributed by atoms with Gasteiger partial charge in [0.05, 0.1) is 12.8 Å². The van der Waals surface area contributed by atoms with E-state index in [-0.39, 0.29) is 0 Å². The third-order valence-electron chi connectivity index (χ3n) is 2.57. The molecule has 0 saturated carbocycles. The zero-order valence-electron chi connectivity index (χ0n) is 10.3. The molecule has 0 aliphatic heterocycles. The van der Waals surface area contributed by atoms with Crippen LogP contribution in [0.1, 0.15) is 11.3 Å². The monoisotopic (exact) mass is 263 g/mol. The van der Waals surface area contributed by atoms with Crippen molar-refractivity contribution in [1.82, 2.24) is 4.98 Å². The second-order valence-corrected chi connectivity index (χ2v) is 4.71. The highest BCUT2D eigenvalue weighted by Gasteiger charge is 2.04. The van der Waals surface area contributed by atoms with E-state index in [0.717, 1.165) is 28.6 Å². The number of benzene rings is 1. The van der Waals surface area contributed by atoms with Gasteiger partial charge in [-0.05, 0) is 12.6 Å². The normalized spacial score (nSPS) is 10.3. The van der Waals surface area contributed by atoms with Crippen molar-refractivity contribution < 1.29 is 4.74 Å². The summed E-state index contributed by atoms with van der Waals surface area (Å²) in [5, 5.41) is 6.26. The Bertz CT molecular complexity index is 498. The molecule has 2 rings (SSSR count). The van der Waals surface area contributed by atoms with Gasteiger partial charge in [0.1, 0.15) is 5.75 Å². The van der Waals surface area contributed by atoms with Gasteiger partial charge in [0, 0.05) is 23.9 Å². The van der Waals surface area contributed by atoms with Crippen LogP contribution in [0, 0.1) is 0 Å². The Morgan fingerprint density at radius 1 is 1.39 bits per heavy atom. The summed E-state index contributed by atoms with van der Waals surface area (Å²) in [4.78, 5) is 4.46. The maximum atomic E-state index is 5.50. The first-order valence-electron chi connectivity index (χ1n) is 5.83. The summed E-state index contributed by atoms with van der Waals surface area (Å²) in [5.41, 5.74) is 7.67. The van der Waals surface area contributed by atoms with Crippen molar-refractivity contribution in [3.63, 3.8) is 0 Å². The molecule has 1 aromatic carbocycles. The summed E-state index contributed by atoms with van der Waals surface area (Å²) in [6, 6.07) is 7.96. The molecule has 0 spiro atoms. The predicted molar refractivity (Wildman–Crippen MR) is 75.2 cm³/mol. The number of thiazole rings is 1. The Morgan fingerprint density at radius 2 is 2.22 bits per heavy atom. The van der Waals surface area contributed by atoms with Crippen molar-refractivity contribution in [3.8, 4) is 5.75 Å². The maximum absolute atomic E-state index is 5.50. The third kappa shape index (κ3) is 3.21. The molecular formula is C13H17N3OS. The molecule has 96 valence electrons. The van der Waals surface area contributed by atoms with Gasteiger partial charge in [-0.15, -0.1) is 11.3 Å². The van der Waals surface area contributed by atoms with Crippen LogP contribution < -0.4 is 15.8 Å². The van der Waals surface area contributed by atoms with Crippen molar-refractivity contribution in [2.45, 2.75) is 13.0 Å². The Labute approximate surface area is 111 Å². The van der Waals surface area contributed by atoms with Crippen LogP contribution in [0.5, 0.6) is 5.75 Å². The van der Waals surface area contributed by atoms with Crippen LogP contribution in [0.25, 0.3) is 0 Å². The molecule has 0 amide bonds. The summed E-state index contributed by atoms with van der Waals surface area (Å²) in [6.07, 6.45) is 0.826. The van der Waals surface area contributed by atoms with E-state index in [0.29, 0.717) is 13.1 Å². The Morgan fingerprint density at radius 3 is 3.00 bits per heavy atom.